The maximum absolute atomic E-state index is 12.2. The summed E-state index contributed by atoms with van der Waals surface area (Å²) in [6.45, 7) is 6.77. The molecule has 1 aliphatic rings. The Kier molecular flexibility index (Phi) is 4.90. The van der Waals surface area contributed by atoms with Crippen molar-refractivity contribution >= 4 is 5.91 Å². The summed E-state index contributed by atoms with van der Waals surface area (Å²) in [7, 11) is 0. The highest BCUT2D eigenvalue weighted by Crippen LogP contribution is 2.17. The molecule has 2 rings (SSSR count). The van der Waals surface area contributed by atoms with Crippen LogP contribution in [-0.2, 0) is 16.0 Å². The highest BCUT2D eigenvalue weighted by atomic mass is 16.5. The molecule has 106 valence electrons. The first-order valence-electron chi connectivity index (χ1n) is 6.83. The van der Waals surface area contributed by atoms with Crippen molar-refractivity contribution in [3.63, 3.8) is 0 Å². The zero-order valence-electron chi connectivity index (χ0n) is 11.6. The largest absolute Gasteiger partial charge is 0.381 e. The molecule has 1 atom stereocenters. The van der Waals surface area contributed by atoms with Crippen molar-refractivity contribution in [2.75, 3.05) is 26.3 Å². The van der Waals surface area contributed by atoms with Crippen LogP contribution in [0.25, 0.3) is 0 Å². The van der Waals surface area contributed by atoms with Crippen LogP contribution in [0.2, 0.25) is 0 Å². The molecule has 1 unspecified atom stereocenters. The zero-order valence-corrected chi connectivity index (χ0v) is 11.6. The van der Waals surface area contributed by atoms with Crippen molar-refractivity contribution < 1.29 is 14.1 Å². The van der Waals surface area contributed by atoms with Gasteiger partial charge in [0, 0.05) is 26.6 Å². The van der Waals surface area contributed by atoms with Gasteiger partial charge in [0.1, 0.15) is 0 Å². The molecule has 1 saturated heterocycles. The van der Waals surface area contributed by atoms with E-state index >= 15 is 0 Å². The number of piperidine rings is 1. The normalized spacial score (nSPS) is 19.7. The standard InChI is InChI=1S/C13H21N3O3/c1-3-18-9-11-5-4-6-16(8-11)13(17)7-12-14-10(2)19-15-12/h11H,3-9H2,1-2H3. The van der Waals surface area contributed by atoms with E-state index in [2.05, 4.69) is 10.1 Å². The number of nitrogens with zero attached hydrogens (tertiary/aromatic N) is 3. The number of aromatic nitrogens is 2. The van der Waals surface area contributed by atoms with E-state index in [0.717, 1.165) is 39.1 Å². The van der Waals surface area contributed by atoms with Crippen LogP contribution in [0.5, 0.6) is 0 Å². The van der Waals surface area contributed by atoms with Crippen LogP contribution in [-0.4, -0.2) is 47.3 Å². The van der Waals surface area contributed by atoms with E-state index in [9.17, 15) is 4.79 Å². The summed E-state index contributed by atoms with van der Waals surface area (Å²) in [5.74, 6) is 1.48. The first-order valence-corrected chi connectivity index (χ1v) is 6.83. The predicted octanol–water partition coefficient (Wildman–Crippen LogP) is 1.20. The van der Waals surface area contributed by atoms with Crippen molar-refractivity contribution in [3.8, 4) is 0 Å². The number of amides is 1. The summed E-state index contributed by atoms with van der Waals surface area (Å²) in [5.41, 5.74) is 0. The molecule has 1 aliphatic heterocycles. The predicted molar refractivity (Wildman–Crippen MR) is 68.5 cm³/mol. The summed E-state index contributed by atoms with van der Waals surface area (Å²) in [6.07, 6.45) is 2.39. The molecule has 1 aromatic rings. The topological polar surface area (TPSA) is 68.5 Å². The Bertz CT molecular complexity index is 419. The molecule has 6 heteroatoms. The van der Waals surface area contributed by atoms with Crippen molar-refractivity contribution in [2.45, 2.75) is 33.1 Å². The minimum absolute atomic E-state index is 0.0713. The van der Waals surface area contributed by atoms with E-state index in [4.69, 9.17) is 9.26 Å². The van der Waals surface area contributed by atoms with Crippen LogP contribution in [0, 0.1) is 12.8 Å². The van der Waals surface area contributed by atoms with Crippen LogP contribution in [0.3, 0.4) is 0 Å². The van der Waals surface area contributed by atoms with Gasteiger partial charge in [-0.2, -0.15) is 4.98 Å². The van der Waals surface area contributed by atoms with Gasteiger partial charge < -0.3 is 14.2 Å². The Morgan fingerprint density at radius 1 is 1.58 bits per heavy atom. The van der Waals surface area contributed by atoms with Gasteiger partial charge in [-0.1, -0.05) is 5.16 Å². The van der Waals surface area contributed by atoms with Gasteiger partial charge in [0.15, 0.2) is 5.82 Å². The Labute approximate surface area is 113 Å². The van der Waals surface area contributed by atoms with E-state index in [1.807, 2.05) is 11.8 Å². The third-order valence-corrected chi connectivity index (χ3v) is 3.31. The lowest BCUT2D eigenvalue weighted by Gasteiger charge is -2.32. The molecule has 0 spiro atoms. The van der Waals surface area contributed by atoms with Crippen molar-refractivity contribution in [2.24, 2.45) is 5.92 Å². The summed E-state index contributed by atoms with van der Waals surface area (Å²) in [4.78, 5) is 18.1. The molecule has 1 amide bonds. The quantitative estimate of drug-likeness (QED) is 0.801. The summed E-state index contributed by atoms with van der Waals surface area (Å²) in [6, 6.07) is 0. The Hall–Kier alpha value is -1.43. The van der Waals surface area contributed by atoms with E-state index in [-0.39, 0.29) is 12.3 Å². The SMILES string of the molecule is CCOCC1CCCN(C(=O)Cc2noc(C)n2)C1. The number of carbonyl (C=O) groups excluding carboxylic acids is 1. The van der Waals surface area contributed by atoms with E-state index in [0.29, 0.717) is 17.6 Å². The minimum Gasteiger partial charge on any atom is -0.381 e. The van der Waals surface area contributed by atoms with Gasteiger partial charge in [0.05, 0.1) is 13.0 Å². The lowest BCUT2D eigenvalue weighted by Crippen LogP contribution is -2.42. The maximum Gasteiger partial charge on any atom is 0.230 e. The number of likely N-dealkylation sites (tertiary alicyclic amines) is 1. The molecule has 0 saturated carbocycles. The molecular weight excluding hydrogens is 246 g/mol. The van der Waals surface area contributed by atoms with Gasteiger partial charge in [-0.05, 0) is 25.7 Å². The molecule has 0 radical (unpaired) electrons. The number of hydrogen-bond acceptors (Lipinski definition) is 5. The van der Waals surface area contributed by atoms with E-state index < -0.39 is 0 Å². The smallest absolute Gasteiger partial charge is 0.230 e. The average Bonchev–Trinajstić information content (AvgIpc) is 2.82. The number of carbonyl (C=O) groups is 1. The van der Waals surface area contributed by atoms with Gasteiger partial charge in [0.25, 0.3) is 0 Å². The highest BCUT2D eigenvalue weighted by Gasteiger charge is 2.24. The van der Waals surface area contributed by atoms with Crippen LogP contribution in [0.4, 0.5) is 0 Å². The van der Waals surface area contributed by atoms with Crippen molar-refractivity contribution in [3.05, 3.63) is 11.7 Å². The summed E-state index contributed by atoms with van der Waals surface area (Å²) in [5, 5.41) is 3.76. The monoisotopic (exact) mass is 267 g/mol. The molecule has 1 aromatic heterocycles. The van der Waals surface area contributed by atoms with Crippen LogP contribution in [0.15, 0.2) is 4.52 Å². The van der Waals surface area contributed by atoms with E-state index in [1.165, 1.54) is 0 Å². The number of aryl methyl sites for hydroxylation is 1. The van der Waals surface area contributed by atoms with Gasteiger partial charge in [-0.25, -0.2) is 0 Å². The summed E-state index contributed by atoms with van der Waals surface area (Å²) < 4.78 is 10.3. The van der Waals surface area contributed by atoms with Crippen molar-refractivity contribution in [1.29, 1.82) is 0 Å². The lowest BCUT2D eigenvalue weighted by molar-refractivity contribution is -0.132. The molecule has 2 heterocycles. The van der Waals surface area contributed by atoms with Gasteiger partial charge in [-0.3, -0.25) is 4.79 Å². The first-order chi connectivity index (χ1) is 9.19. The molecule has 0 bridgehead atoms. The Morgan fingerprint density at radius 3 is 3.11 bits per heavy atom. The fourth-order valence-electron chi connectivity index (χ4n) is 2.37. The van der Waals surface area contributed by atoms with Crippen molar-refractivity contribution in [1.82, 2.24) is 15.0 Å². The molecular formula is C13H21N3O3. The molecule has 19 heavy (non-hydrogen) atoms. The first kappa shape index (κ1) is 14.0. The second kappa shape index (κ2) is 6.65. The zero-order chi connectivity index (χ0) is 13.7. The van der Waals surface area contributed by atoms with Gasteiger partial charge in [-0.15, -0.1) is 0 Å². The van der Waals surface area contributed by atoms with Gasteiger partial charge in [0.2, 0.25) is 11.8 Å². The van der Waals surface area contributed by atoms with Gasteiger partial charge >= 0.3 is 0 Å². The third kappa shape index (κ3) is 4.02. The molecule has 0 aliphatic carbocycles. The second-order valence-electron chi connectivity index (χ2n) is 4.91. The molecule has 0 N–H and O–H groups in total. The fourth-order valence-corrected chi connectivity index (χ4v) is 2.37. The number of ether oxygens (including phenoxy) is 1. The Balaban J connectivity index is 1.84. The lowest BCUT2D eigenvalue weighted by atomic mass is 9.98. The number of rotatable bonds is 5. The fraction of sp³-hybridized carbons (Fsp3) is 0.769. The van der Waals surface area contributed by atoms with Crippen LogP contribution in [0.1, 0.15) is 31.5 Å². The maximum atomic E-state index is 12.2. The third-order valence-electron chi connectivity index (χ3n) is 3.31. The number of hydrogen-bond donors (Lipinski definition) is 0. The Morgan fingerprint density at radius 2 is 2.42 bits per heavy atom. The highest BCUT2D eigenvalue weighted by molar-refractivity contribution is 5.78. The van der Waals surface area contributed by atoms with Crippen LogP contribution >= 0.6 is 0 Å². The molecule has 0 aromatic carbocycles. The van der Waals surface area contributed by atoms with Crippen LogP contribution < -0.4 is 0 Å². The summed E-state index contributed by atoms with van der Waals surface area (Å²) >= 11 is 0. The molecule has 1 fully saturated rings. The second-order valence-corrected chi connectivity index (χ2v) is 4.91. The average molecular weight is 267 g/mol. The minimum atomic E-state index is 0.0713. The molecule has 6 nitrogen and oxygen atoms in total. The van der Waals surface area contributed by atoms with E-state index in [1.54, 1.807) is 6.92 Å².